The van der Waals surface area contributed by atoms with E-state index in [0.717, 1.165) is 37.4 Å². The second-order valence-corrected chi connectivity index (χ2v) is 5.63. The maximum atomic E-state index is 6.09. The molecule has 0 amide bonds. The van der Waals surface area contributed by atoms with Crippen LogP contribution in [0.2, 0.25) is 0 Å². The van der Waals surface area contributed by atoms with Gasteiger partial charge in [0.05, 0.1) is 5.69 Å². The molecule has 1 saturated carbocycles. The van der Waals surface area contributed by atoms with Crippen LogP contribution in [0.3, 0.4) is 0 Å². The Morgan fingerprint density at radius 3 is 2.95 bits per heavy atom. The van der Waals surface area contributed by atoms with Gasteiger partial charge in [-0.25, -0.2) is 4.98 Å². The number of nitrogens with two attached hydrogens (primary N) is 1. The Morgan fingerprint density at radius 2 is 2.16 bits per heavy atom. The molecular weight excluding hydrogens is 240 g/mol. The molecule has 1 aliphatic carbocycles. The molecule has 2 aliphatic rings. The van der Waals surface area contributed by atoms with Gasteiger partial charge in [-0.05, 0) is 25.7 Å². The van der Waals surface area contributed by atoms with E-state index < -0.39 is 0 Å². The molecule has 3 heterocycles. The average Bonchev–Trinajstić information content (AvgIpc) is 3.16. The second-order valence-electron chi connectivity index (χ2n) is 5.63. The van der Waals surface area contributed by atoms with Gasteiger partial charge in [0.15, 0.2) is 0 Å². The van der Waals surface area contributed by atoms with Crippen molar-refractivity contribution in [1.29, 1.82) is 0 Å². The van der Waals surface area contributed by atoms with Gasteiger partial charge in [-0.2, -0.15) is 14.6 Å². The fourth-order valence-electron chi connectivity index (χ4n) is 2.85. The van der Waals surface area contributed by atoms with E-state index in [9.17, 15) is 0 Å². The molecule has 1 atom stereocenters. The van der Waals surface area contributed by atoms with Crippen molar-refractivity contribution >= 4 is 11.6 Å². The molecule has 6 nitrogen and oxygen atoms in total. The molecule has 100 valence electrons. The molecule has 19 heavy (non-hydrogen) atoms. The van der Waals surface area contributed by atoms with E-state index in [0.29, 0.717) is 11.7 Å². The van der Waals surface area contributed by atoms with Crippen LogP contribution in [0.5, 0.6) is 0 Å². The first-order valence-corrected chi connectivity index (χ1v) is 7.02. The summed E-state index contributed by atoms with van der Waals surface area (Å²) in [5.74, 6) is 2.43. The van der Waals surface area contributed by atoms with Crippen molar-refractivity contribution in [3.05, 3.63) is 18.1 Å². The predicted octanol–water partition coefficient (Wildman–Crippen LogP) is 0.929. The minimum Gasteiger partial charge on any atom is -0.355 e. The van der Waals surface area contributed by atoms with Crippen molar-refractivity contribution in [2.24, 2.45) is 5.73 Å². The van der Waals surface area contributed by atoms with Crippen LogP contribution in [-0.2, 0) is 0 Å². The Bertz CT molecular complexity index is 602. The maximum absolute atomic E-state index is 6.09. The highest BCUT2D eigenvalue weighted by Gasteiger charge is 2.28. The quantitative estimate of drug-likeness (QED) is 0.867. The zero-order chi connectivity index (χ0) is 12.8. The third-order valence-electron chi connectivity index (χ3n) is 4.03. The maximum Gasteiger partial charge on any atom is 0.254 e. The van der Waals surface area contributed by atoms with Gasteiger partial charge in [-0.3, -0.25) is 0 Å². The van der Waals surface area contributed by atoms with Gasteiger partial charge in [-0.15, -0.1) is 0 Å². The summed E-state index contributed by atoms with van der Waals surface area (Å²) in [6.07, 6.45) is 6.31. The molecule has 0 spiro atoms. The van der Waals surface area contributed by atoms with Gasteiger partial charge >= 0.3 is 0 Å². The van der Waals surface area contributed by atoms with Crippen LogP contribution >= 0.6 is 0 Å². The minimum atomic E-state index is 0.255. The van der Waals surface area contributed by atoms with Crippen molar-refractivity contribution in [3.8, 4) is 0 Å². The van der Waals surface area contributed by atoms with Crippen LogP contribution in [0.25, 0.3) is 5.78 Å². The summed E-state index contributed by atoms with van der Waals surface area (Å²) in [4.78, 5) is 11.2. The van der Waals surface area contributed by atoms with Crippen molar-refractivity contribution in [2.75, 3.05) is 18.0 Å². The Kier molecular flexibility index (Phi) is 2.44. The molecule has 1 aliphatic heterocycles. The third-order valence-corrected chi connectivity index (χ3v) is 4.03. The number of hydrogen-bond donors (Lipinski definition) is 1. The minimum absolute atomic E-state index is 0.255. The average molecular weight is 258 g/mol. The Morgan fingerprint density at radius 1 is 1.26 bits per heavy atom. The van der Waals surface area contributed by atoms with Crippen molar-refractivity contribution in [1.82, 2.24) is 19.6 Å². The number of fused-ring (bicyclic) bond motifs is 1. The Labute approximate surface area is 111 Å². The van der Waals surface area contributed by atoms with Crippen LogP contribution in [0, 0.1) is 0 Å². The number of hydrogen-bond acceptors (Lipinski definition) is 5. The fourth-order valence-corrected chi connectivity index (χ4v) is 2.85. The number of piperidine rings is 1. The normalized spacial score (nSPS) is 24.1. The molecule has 4 rings (SSSR count). The lowest BCUT2D eigenvalue weighted by Crippen LogP contribution is -2.43. The smallest absolute Gasteiger partial charge is 0.254 e. The van der Waals surface area contributed by atoms with Crippen LogP contribution in [0.15, 0.2) is 12.4 Å². The number of anilines is 1. The molecule has 2 N–H and O–H groups in total. The lowest BCUT2D eigenvalue weighted by atomic mass is 10.1. The van der Waals surface area contributed by atoms with E-state index in [1.54, 1.807) is 6.33 Å². The SMILES string of the molecule is N[C@H]1CCCN(c2cc(C3CC3)nc3ncnn23)C1. The molecular formula is C13H18N6. The van der Waals surface area contributed by atoms with Gasteiger partial charge in [0, 0.05) is 31.1 Å². The van der Waals surface area contributed by atoms with E-state index >= 15 is 0 Å². The first-order valence-electron chi connectivity index (χ1n) is 7.02. The Balaban J connectivity index is 1.79. The lowest BCUT2D eigenvalue weighted by Gasteiger charge is -2.32. The topological polar surface area (TPSA) is 72.3 Å². The molecule has 2 aromatic rings. The number of nitrogens with zero attached hydrogens (tertiary/aromatic N) is 5. The van der Waals surface area contributed by atoms with Gasteiger partial charge in [0.2, 0.25) is 0 Å². The molecule has 0 aromatic carbocycles. The first kappa shape index (κ1) is 11.2. The molecule has 0 radical (unpaired) electrons. The zero-order valence-electron chi connectivity index (χ0n) is 10.9. The lowest BCUT2D eigenvalue weighted by molar-refractivity contribution is 0.500. The monoisotopic (exact) mass is 258 g/mol. The highest BCUT2D eigenvalue weighted by molar-refractivity contribution is 5.49. The van der Waals surface area contributed by atoms with Gasteiger partial charge in [-0.1, -0.05) is 0 Å². The number of rotatable bonds is 2. The molecule has 2 aromatic heterocycles. The first-order chi connectivity index (χ1) is 9.31. The molecule has 1 saturated heterocycles. The summed E-state index contributed by atoms with van der Waals surface area (Å²) >= 11 is 0. The van der Waals surface area contributed by atoms with E-state index in [1.165, 1.54) is 12.8 Å². The van der Waals surface area contributed by atoms with Crippen LogP contribution in [0.4, 0.5) is 5.82 Å². The summed E-state index contributed by atoms with van der Waals surface area (Å²) in [6, 6.07) is 2.43. The van der Waals surface area contributed by atoms with E-state index in [2.05, 4.69) is 26.0 Å². The summed E-state index contributed by atoms with van der Waals surface area (Å²) in [7, 11) is 0. The molecule has 0 unspecified atom stereocenters. The summed E-state index contributed by atoms with van der Waals surface area (Å²) < 4.78 is 1.84. The van der Waals surface area contributed by atoms with Crippen molar-refractivity contribution in [2.45, 2.75) is 37.6 Å². The van der Waals surface area contributed by atoms with Crippen LogP contribution in [-0.4, -0.2) is 38.7 Å². The summed E-state index contributed by atoms with van der Waals surface area (Å²) in [6.45, 7) is 1.93. The van der Waals surface area contributed by atoms with E-state index in [1.807, 2.05) is 4.52 Å². The third kappa shape index (κ3) is 1.96. The second kappa shape index (κ2) is 4.16. The summed E-state index contributed by atoms with van der Waals surface area (Å²) in [5, 5.41) is 4.30. The van der Waals surface area contributed by atoms with Crippen LogP contribution < -0.4 is 10.6 Å². The highest BCUT2D eigenvalue weighted by atomic mass is 15.4. The standard InChI is InChI=1S/C13H18N6/c14-10-2-1-5-18(7-10)12-6-11(9-3-4-9)17-13-15-8-16-19(12)13/h6,8-10H,1-5,7,14H2/t10-/m0/s1. The van der Waals surface area contributed by atoms with Gasteiger partial charge in [0.25, 0.3) is 5.78 Å². The highest BCUT2D eigenvalue weighted by Crippen LogP contribution is 2.40. The zero-order valence-corrected chi connectivity index (χ0v) is 10.9. The van der Waals surface area contributed by atoms with E-state index in [4.69, 9.17) is 5.73 Å². The van der Waals surface area contributed by atoms with Gasteiger partial charge in [0.1, 0.15) is 12.1 Å². The summed E-state index contributed by atoms with van der Waals surface area (Å²) in [5.41, 5.74) is 7.25. The van der Waals surface area contributed by atoms with Crippen LogP contribution in [0.1, 0.15) is 37.3 Å². The molecule has 0 bridgehead atoms. The largest absolute Gasteiger partial charge is 0.355 e. The molecule has 6 heteroatoms. The predicted molar refractivity (Wildman–Crippen MR) is 72.2 cm³/mol. The fraction of sp³-hybridized carbons (Fsp3) is 0.615. The number of aromatic nitrogens is 4. The van der Waals surface area contributed by atoms with Crippen molar-refractivity contribution in [3.63, 3.8) is 0 Å². The molecule has 2 fully saturated rings. The van der Waals surface area contributed by atoms with E-state index in [-0.39, 0.29) is 6.04 Å². The Hall–Kier alpha value is -1.69. The van der Waals surface area contributed by atoms with Crippen molar-refractivity contribution < 1.29 is 0 Å². The van der Waals surface area contributed by atoms with Gasteiger partial charge < -0.3 is 10.6 Å².